The second-order valence-corrected chi connectivity index (χ2v) is 5.10. The Morgan fingerprint density at radius 1 is 1.27 bits per heavy atom. The summed E-state index contributed by atoms with van der Waals surface area (Å²) in [6, 6.07) is -0.750. The second-order valence-electron chi connectivity index (χ2n) is 5.10. The molecule has 1 atom stereocenters. The van der Waals surface area contributed by atoms with Gasteiger partial charge in [-0.25, -0.2) is 4.79 Å². The number of Topliss-reactive ketones (excluding diaryl/α,β-unsaturated/α-hetero) is 1. The smallest absolute Gasteiger partial charge is 0.376 e. The topological polar surface area (TPSA) is 69.4 Å². The second kappa shape index (κ2) is 5.26. The average molecular weight is 215 g/mol. The molecule has 0 aliphatic carbocycles. The van der Waals surface area contributed by atoms with E-state index in [4.69, 9.17) is 10.5 Å². The summed E-state index contributed by atoms with van der Waals surface area (Å²) in [6.07, 6.45) is 0.498. The molecule has 0 rings (SSSR count). The van der Waals surface area contributed by atoms with Gasteiger partial charge >= 0.3 is 5.97 Å². The van der Waals surface area contributed by atoms with Gasteiger partial charge in [-0.15, -0.1) is 0 Å². The molecular weight excluding hydrogens is 194 g/mol. The fourth-order valence-corrected chi connectivity index (χ4v) is 1.09. The van der Waals surface area contributed by atoms with Crippen LogP contribution in [0.1, 0.15) is 41.0 Å². The molecule has 0 amide bonds. The molecule has 88 valence electrons. The first-order valence-electron chi connectivity index (χ1n) is 5.16. The number of esters is 1. The molecule has 4 nitrogen and oxygen atoms in total. The number of ether oxygens (including phenoxy) is 1. The number of nitrogens with two attached hydrogens (primary N) is 1. The van der Waals surface area contributed by atoms with Crippen LogP contribution in [0, 0.1) is 5.92 Å². The maximum Gasteiger partial charge on any atom is 0.376 e. The lowest BCUT2D eigenvalue weighted by Crippen LogP contribution is -2.40. The minimum atomic E-state index is -0.837. The fraction of sp³-hybridized carbons (Fsp3) is 0.818. The van der Waals surface area contributed by atoms with E-state index in [0.717, 1.165) is 0 Å². The average Bonchev–Trinajstić information content (AvgIpc) is 1.98. The molecule has 0 heterocycles. The highest BCUT2D eigenvalue weighted by atomic mass is 16.6. The van der Waals surface area contributed by atoms with Gasteiger partial charge in [0.15, 0.2) is 0 Å². The number of hydrogen-bond donors (Lipinski definition) is 1. The van der Waals surface area contributed by atoms with Crippen LogP contribution in [0.25, 0.3) is 0 Å². The number of rotatable bonds is 4. The maximum absolute atomic E-state index is 11.5. The highest BCUT2D eigenvalue weighted by molar-refractivity contribution is 6.35. The highest BCUT2D eigenvalue weighted by Crippen LogP contribution is 2.09. The zero-order valence-corrected chi connectivity index (χ0v) is 10.2. The zero-order valence-electron chi connectivity index (χ0n) is 10.2. The van der Waals surface area contributed by atoms with Gasteiger partial charge in [-0.3, -0.25) is 4.79 Å². The van der Waals surface area contributed by atoms with Crippen molar-refractivity contribution in [2.24, 2.45) is 11.7 Å². The molecule has 15 heavy (non-hydrogen) atoms. The molecule has 0 bridgehead atoms. The molecule has 0 aromatic rings. The Morgan fingerprint density at radius 2 is 1.73 bits per heavy atom. The standard InChI is InChI=1S/C11H21NO3/c1-7(2)6-8(12)9(13)10(14)15-11(3,4)5/h7-8H,6,12H2,1-5H3/t8-/m1/s1. The van der Waals surface area contributed by atoms with E-state index in [2.05, 4.69) is 0 Å². The van der Waals surface area contributed by atoms with Crippen LogP contribution in [0.15, 0.2) is 0 Å². The Balaban J connectivity index is 4.27. The summed E-state index contributed by atoms with van der Waals surface area (Å²) in [6.45, 7) is 9.04. The van der Waals surface area contributed by atoms with E-state index in [1.54, 1.807) is 20.8 Å². The van der Waals surface area contributed by atoms with E-state index >= 15 is 0 Å². The number of carbonyl (C=O) groups excluding carboxylic acids is 2. The molecule has 0 unspecified atom stereocenters. The summed E-state index contributed by atoms with van der Waals surface area (Å²) < 4.78 is 4.93. The van der Waals surface area contributed by atoms with Crippen molar-refractivity contribution < 1.29 is 14.3 Å². The van der Waals surface area contributed by atoms with Crippen LogP contribution in [-0.4, -0.2) is 23.4 Å². The zero-order chi connectivity index (χ0) is 12.2. The van der Waals surface area contributed by atoms with Crippen molar-refractivity contribution in [2.45, 2.75) is 52.7 Å². The minimum absolute atomic E-state index is 0.284. The molecule has 0 spiro atoms. The lowest BCUT2D eigenvalue weighted by Gasteiger charge is -2.20. The fourth-order valence-electron chi connectivity index (χ4n) is 1.09. The first kappa shape index (κ1) is 14.1. The Morgan fingerprint density at radius 3 is 2.07 bits per heavy atom. The Kier molecular flexibility index (Phi) is 4.94. The molecule has 0 aromatic carbocycles. The maximum atomic E-state index is 11.5. The Labute approximate surface area is 91.2 Å². The third-order valence-electron chi connectivity index (χ3n) is 1.66. The van der Waals surface area contributed by atoms with Gasteiger partial charge in [0.25, 0.3) is 5.78 Å². The Hall–Kier alpha value is -0.900. The third-order valence-corrected chi connectivity index (χ3v) is 1.66. The van der Waals surface area contributed by atoms with Crippen molar-refractivity contribution in [3.63, 3.8) is 0 Å². The molecule has 0 saturated heterocycles. The van der Waals surface area contributed by atoms with E-state index in [1.165, 1.54) is 0 Å². The molecule has 0 radical (unpaired) electrons. The van der Waals surface area contributed by atoms with Crippen molar-refractivity contribution in [1.29, 1.82) is 0 Å². The van der Waals surface area contributed by atoms with Gasteiger partial charge in [-0.1, -0.05) is 13.8 Å². The van der Waals surface area contributed by atoms with Gasteiger partial charge in [-0.2, -0.15) is 0 Å². The molecule has 2 N–H and O–H groups in total. The van der Waals surface area contributed by atoms with Gasteiger partial charge in [0.2, 0.25) is 0 Å². The predicted octanol–water partition coefficient (Wildman–Crippen LogP) is 1.27. The normalized spacial score (nSPS) is 13.8. The predicted molar refractivity (Wildman–Crippen MR) is 58.3 cm³/mol. The number of ketones is 1. The first-order valence-corrected chi connectivity index (χ1v) is 5.16. The van der Waals surface area contributed by atoms with Gasteiger partial charge in [0.05, 0.1) is 6.04 Å². The highest BCUT2D eigenvalue weighted by Gasteiger charge is 2.27. The van der Waals surface area contributed by atoms with Crippen molar-refractivity contribution in [2.75, 3.05) is 0 Å². The first-order chi connectivity index (χ1) is 6.63. The van der Waals surface area contributed by atoms with E-state index in [9.17, 15) is 9.59 Å². The lowest BCUT2D eigenvalue weighted by molar-refractivity contribution is -0.163. The summed E-state index contributed by atoms with van der Waals surface area (Å²) in [7, 11) is 0. The van der Waals surface area contributed by atoms with Crippen LogP contribution >= 0.6 is 0 Å². The van der Waals surface area contributed by atoms with Gasteiger partial charge in [0.1, 0.15) is 5.60 Å². The molecule has 0 aromatic heterocycles. The van der Waals surface area contributed by atoms with Crippen molar-refractivity contribution in [3.05, 3.63) is 0 Å². The van der Waals surface area contributed by atoms with Gasteiger partial charge in [-0.05, 0) is 33.1 Å². The molecule has 0 fully saturated rings. The molecule has 0 saturated carbocycles. The van der Waals surface area contributed by atoms with Crippen molar-refractivity contribution in [3.8, 4) is 0 Å². The van der Waals surface area contributed by atoms with E-state index in [1.807, 2.05) is 13.8 Å². The quantitative estimate of drug-likeness (QED) is 0.566. The SMILES string of the molecule is CC(C)C[C@@H](N)C(=O)C(=O)OC(C)(C)C. The van der Waals surface area contributed by atoms with Gasteiger partial charge in [0, 0.05) is 0 Å². The van der Waals surface area contributed by atoms with E-state index in [0.29, 0.717) is 6.42 Å². The lowest BCUT2D eigenvalue weighted by atomic mass is 10.0. The summed E-state index contributed by atoms with van der Waals surface area (Å²) in [4.78, 5) is 22.8. The largest absolute Gasteiger partial charge is 0.454 e. The summed E-state index contributed by atoms with van der Waals surface area (Å²) >= 11 is 0. The number of hydrogen-bond acceptors (Lipinski definition) is 4. The van der Waals surface area contributed by atoms with Crippen LogP contribution < -0.4 is 5.73 Å². The van der Waals surface area contributed by atoms with Crippen LogP contribution in [0.4, 0.5) is 0 Å². The summed E-state index contributed by atoms with van der Waals surface area (Å²) in [5.41, 5.74) is 4.94. The third kappa shape index (κ3) is 6.23. The Bertz CT molecular complexity index is 241. The minimum Gasteiger partial charge on any atom is -0.454 e. The molecule has 0 aliphatic rings. The summed E-state index contributed by atoms with van der Waals surface area (Å²) in [5, 5.41) is 0. The number of carbonyl (C=O) groups is 2. The van der Waals surface area contributed by atoms with E-state index < -0.39 is 23.4 Å². The van der Waals surface area contributed by atoms with Crippen molar-refractivity contribution >= 4 is 11.8 Å². The van der Waals surface area contributed by atoms with Gasteiger partial charge < -0.3 is 10.5 Å². The summed E-state index contributed by atoms with van der Waals surface area (Å²) in [5.74, 6) is -1.19. The monoisotopic (exact) mass is 215 g/mol. The van der Waals surface area contributed by atoms with Crippen molar-refractivity contribution in [1.82, 2.24) is 0 Å². The van der Waals surface area contributed by atoms with Crippen LogP contribution in [-0.2, 0) is 14.3 Å². The van der Waals surface area contributed by atoms with E-state index in [-0.39, 0.29) is 5.92 Å². The molecule has 4 heteroatoms. The molecule has 0 aliphatic heterocycles. The van der Waals surface area contributed by atoms with Crippen LogP contribution in [0.3, 0.4) is 0 Å². The molecular formula is C11H21NO3. The van der Waals surface area contributed by atoms with Crippen LogP contribution in [0.5, 0.6) is 0 Å². The van der Waals surface area contributed by atoms with Crippen LogP contribution in [0.2, 0.25) is 0 Å².